The lowest BCUT2D eigenvalue weighted by Gasteiger charge is -2.30. The average molecular weight is 244 g/mol. The van der Waals surface area contributed by atoms with Crippen LogP contribution in [0, 0.1) is 11.8 Å². The smallest absolute Gasteiger partial charge is 0.409 e. The maximum absolute atomic E-state index is 11.6. The van der Waals surface area contributed by atoms with Gasteiger partial charge in [0.05, 0.1) is 11.6 Å². The zero-order valence-electron chi connectivity index (χ0n) is 9.94. The van der Waals surface area contributed by atoms with Crippen LogP contribution in [0.3, 0.4) is 0 Å². The minimum Gasteiger partial charge on any atom is -0.449 e. The summed E-state index contributed by atoms with van der Waals surface area (Å²) >= 11 is 4.95. The van der Waals surface area contributed by atoms with Crippen LogP contribution in [0.1, 0.15) is 26.7 Å². The summed E-state index contributed by atoms with van der Waals surface area (Å²) in [6.07, 6.45) is 1.49. The number of rotatable bonds is 3. The summed E-state index contributed by atoms with van der Waals surface area (Å²) < 4.78 is 5.16. The van der Waals surface area contributed by atoms with E-state index in [1.165, 1.54) is 0 Å². The highest BCUT2D eigenvalue weighted by atomic mass is 32.1. The van der Waals surface area contributed by atoms with Crippen LogP contribution in [-0.4, -0.2) is 35.7 Å². The molecule has 1 rings (SSSR count). The van der Waals surface area contributed by atoms with Crippen molar-refractivity contribution in [1.29, 1.82) is 0 Å². The molecule has 92 valence electrons. The molecule has 1 fully saturated rings. The molecule has 1 amide bonds. The fraction of sp³-hybridized carbons (Fsp3) is 0.818. The van der Waals surface area contributed by atoms with Gasteiger partial charge < -0.3 is 15.4 Å². The third kappa shape index (κ3) is 3.96. The third-order valence-corrected chi connectivity index (χ3v) is 3.03. The number of thiocarbonyl (C=S) groups is 1. The third-order valence-electron chi connectivity index (χ3n) is 2.70. The predicted molar refractivity (Wildman–Crippen MR) is 67.3 cm³/mol. The monoisotopic (exact) mass is 244 g/mol. The van der Waals surface area contributed by atoms with Crippen LogP contribution < -0.4 is 5.73 Å². The number of amides is 1. The number of hydrogen-bond donors (Lipinski definition) is 1. The minimum atomic E-state index is -0.213. The van der Waals surface area contributed by atoms with Crippen molar-refractivity contribution in [2.45, 2.75) is 26.7 Å². The minimum absolute atomic E-state index is 0.213. The largest absolute Gasteiger partial charge is 0.449 e. The zero-order chi connectivity index (χ0) is 12.1. The van der Waals surface area contributed by atoms with Gasteiger partial charge in [0.1, 0.15) is 0 Å². The first-order valence-electron chi connectivity index (χ1n) is 5.71. The molecule has 1 aliphatic heterocycles. The molecule has 5 heteroatoms. The van der Waals surface area contributed by atoms with Gasteiger partial charge in [-0.25, -0.2) is 4.79 Å². The summed E-state index contributed by atoms with van der Waals surface area (Å²) in [5, 5.41) is 0. The van der Waals surface area contributed by atoms with Gasteiger partial charge in [-0.05, 0) is 18.8 Å². The van der Waals surface area contributed by atoms with Gasteiger partial charge >= 0.3 is 6.09 Å². The van der Waals surface area contributed by atoms with Gasteiger partial charge in [-0.3, -0.25) is 0 Å². The number of hydrogen-bond acceptors (Lipinski definition) is 3. The molecule has 0 aromatic carbocycles. The van der Waals surface area contributed by atoms with Gasteiger partial charge in [-0.1, -0.05) is 26.1 Å². The highest BCUT2D eigenvalue weighted by Crippen LogP contribution is 2.18. The number of carbonyl (C=O) groups excluding carboxylic acids is 1. The molecule has 0 aliphatic carbocycles. The van der Waals surface area contributed by atoms with E-state index in [4.69, 9.17) is 22.7 Å². The first kappa shape index (κ1) is 13.2. The number of carbonyl (C=O) groups is 1. The van der Waals surface area contributed by atoms with Crippen LogP contribution in [-0.2, 0) is 4.74 Å². The molecule has 0 aromatic heterocycles. The Balaban J connectivity index is 2.30. The SMILES string of the molecule is CC(C)COC(=O)N1CCC(C(N)=S)CC1. The molecule has 1 heterocycles. The summed E-state index contributed by atoms with van der Waals surface area (Å²) in [5.74, 6) is 0.655. The van der Waals surface area contributed by atoms with E-state index >= 15 is 0 Å². The Kier molecular flexibility index (Phi) is 4.99. The van der Waals surface area contributed by atoms with Crippen molar-refractivity contribution in [3.63, 3.8) is 0 Å². The van der Waals surface area contributed by atoms with E-state index < -0.39 is 0 Å². The van der Waals surface area contributed by atoms with Gasteiger partial charge in [-0.2, -0.15) is 0 Å². The Hall–Kier alpha value is -0.840. The van der Waals surface area contributed by atoms with Gasteiger partial charge in [0.2, 0.25) is 0 Å². The Morgan fingerprint density at radius 2 is 2.06 bits per heavy atom. The van der Waals surface area contributed by atoms with Crippen molar-refractivity contribution in [3.8, 4) is 0 Å². The number of piperidine rings is 1. The summed E-state index contributed by atoms with van der Waals surface area (Å²) in [5.41, 5.74) is 5.58. The van der Waals surface area contributed by atoms with E-state index in [9.17, 15) is 4.79 Å². The van der Waals surface area contributed by atoms with Crippen molar-refractivity contribution >= 4 is 23.3 Å². The summed E-state index contributed by atoms with van der Waals surface area (Å²) in [6.45, 7) is 5.91. The summed E-state index contributed by atoms with van der Waals surface area (Å²) in [6, 6.07) is 0. The van der Waals surface area contributed by atoms with Crippen molar-refractivity contribution < 1.29 is 9.53 Å². The molecule has 1 aliphatic rings. The normalized spacial score (nSPS) is 17.6. The topological polar surface area (TPSA) is 55.6 Å². The Morgan fingerprint density at radius 3 is 2.50 bits per heavy atom. The highest BCUT2D eigenvalue weighted by molar-refractivity contribution is 7.80. The molecule has 16 heavy (non-hydrogen) atoms. The fourth-order valence-electron chi connectivity index (χ4n) is 1.68. The fourth-order valence-corrected chi connectivity index (χ4v) is 1.91. The second-order valence-electron chi connectivity index (χ2n) is 4.63. The number of nitrogens with two attached hydrogens (primary N) is 1. The van der Waals surface area contributed by atoms with Gasteiger partial charge in [0.15, 0.2) is 0 Å². The van der Waals surface area contributed by atoms with E-state index in [1.807, 2.05) is 13.8 Å². The summed E-state index contributed by atoms with van der Waals surface area (Å²) in [4.78, 5) is 13.9. The van der Waals surface area contributed by atoms with E-state index in [1.54, 1.807) is 4.90 Å². The maximum atomic E-state index is 11.6. The quantitative estimate of drug-likeness (QED) is 0.769. The molecular weight excluding hydrogens is 224 g/mol. The van der Waals surface area contributed by atoms with Gasteiger partial charge in [0.25, 0.3) is 0 Å². The summed E-state index contributed by atoms with van der Waals surface area (Å²) in [7, 11) is 0. The second-order valence-corrected chi connectivity index (χ2v) is 5.11. The Bertz CT molecular complexity index is 261. The molecule has 0 aromatic rings. The van der Waals surface area contributed by atoms with Crippen LogP contribution >= 0.6 is 12.2 Å². The van der Waals surface area contributed by atoms with Gasteiger partial charge in [0, 0.05) is 19.0 Å². The average Bonchev–Trinajstić information content (AvgIpc) is 2.26. The highest BCUT2D eigenvalue weighted by Gasteiger charge is 2.24. The number of ether oxygens (including phenoxy) is 1. The molecule has 0 saturated carbocycles. The van der Waals surface area contributed by atoms with E-state index in [2.05, 4.69) is 0 Å². The van der Waals surface area contributed by atoms with Crippen molar-refractivity contribution in [3.05, 3.63) is 0 Å². The van der Waals surface area contributed by atoms with Crippen molar-refractivity contribution in [1.82, 2.24) is 4.90 Å². The first-order valence-corrected chi connectivity index (χ1v) is 6.12. The Morgan fingerprint density at radius 1 is 1.50 bits per heavy atom. The Labute approximate surface area is 102 Å². The second kappa shape index (κ2) is 6.03. The molecule has 0 spiro atoms. The number of nitrogens with zero attached hydrogens (tertiary/aromatic N) is 1. The lowest BCUT2D eigenvalue weighted by Crippen LogP contribution is -2.41. The van der Waals surface area contributed by atoms with E-state index in [0.29, 0.717) is 30.6 Å². The predicted octanol–water partition coefficient (Wildman–Crippen LogP) is 1.78. The first-order chi connectivity index (χ1) is 7.50. The standard InChI is InChI=1S/C11H20N2O2S/c1-8(2)7-15-11(14)13-5-3-9(4-6-13)10(12)16/h8-9H,3-7H2,1-2H3,(H2,12,16). The van der Waals surface area contributed by atoms with E-state index in [0.717, 1.165) is 12.8 Å². The van der Waals surface area contributed by atoms with Crippen molar-refractivity contribution in [2.24, 2.45) is 17.6 Å². The molecule has 0 unspecified atom stereocenters. The van der Waals surface area contributed by atoms with Crippen LogP contribution in [0.5, 0.6) is 0 Å². The molecule has 1 saturated heterocycles. The molecule has 0 bridgehead atoms. The lowest BCUT2D eigenvalue weighted by atomic mass is 9.97. The van der Waals surface area contributed by atoms with Gasteiger partial charge in [-0.15, -0.1) is 0 Å². The zero-order valence-corrected chi connectivity index (χ0v) is 10.8. The maximum Gasteiger partial charge on any atom is 0.409 e. The van der Waals surface area contributed by atoms with E-state index in [-0.39, 0.29) is 12.0 Å². The van der Waals surface area contributed by atoms with Crippen LogP contribution in [0.4, 0.5) is 4.79 Å². The number of likely N-dealkylation sites (tertiary alicyclic amines) is 1. The lowest BCUT2D eigenvalue weighted by molar-refractivity contribution is 0.0829. The molecule has 0 radical (unpaired) electrons. The molecule has 4 nitrogen and oxygen atoms in total. The van der Waals surface area contributed by atoms with Crippen LogP contribution in [0.25, 0.3) is 0 Å². The van der Waals surface area contributed by atoms with Crippen LogP contribution in [0.15, 0.2) is 0 Å². The van der Waals surface area contributed by atoms with Crippen molar-refractivity contribution in [2.75, 3.05) is 19.7 Å². The van der Waals surface area contributed by atoms with Crippen LogP contribution in [0.2, 0.25) is 0 Å². The molecule has 2 N–H and O–H groups in total. The molecular formula is C11H20N2O2S. The molecule has 0 atom stereocenters.